The van der Waals surface area contributed by atoms with Crippen LogP contribution < -0.4 is 21.5 Å². The third-order valence-corrected chi connectivity index (χ3v) is 5.31. The Morgan fingerprint density at radius 1 is 1.19 bits per heavy atom. The number of carbonyl (C=O) groups excluding carboxylic acids is 2. The normalized spacial score (nSPS) is 15.1. The van der Waals surface area contributed by atoms with E-state index in [0.29, 0.717) is 22.0 Å². The van der Waals surface area contributed by atoms with Crippen LogP contribution in [0, 0.1) is 12.7 Å². The van der Waals surface area contributed by atoms with Gasteiger partial charge in [-0.05, 0) is 48.9 Å². The molecule has 4 N–H and O–H groups in total. The van der Waals surface area contributed by atoms with Crippen molar-refractivity contribution in [1.29, 1.82) is 0 Å². The molecule has 0 spiro atoms. The van der Waals surface area contributed by atoms with E-state index < -0.39 is 29.1 Å². The van der Waals surface area contributed by atoms with E-state index in [4.69, 9.17) is 11.6 Å². The van der Waals surface area contributed by atoms with Gasteiger partial charge in [0.25, 0.3) is 5.56 Å². The van der Waals surface area contributed by atoms with Gasteiger partial charge >= 0.3 is 0 Å². The van der Waals surface area contributed by atoms with E-state index in [1.54, 1.807) is 25.1 Å². The van der Waals surface area contributed by atoms with Gasteiger partial charge in [0.15, 0.2) is 0 Å². The number of nitrogens with zero attached hydrogens (tertiary/aromatic N) is 1. The summed E-state index contributed by atoms with van der Waals surface area (Å²) >= 11 is 6.10. The van der Waals surface area contributed by atoms with E-state index in [9.17, 15) is 18.8 Å². The molecule has 4 rings (SSSR count). The summed E-state index contributed by atoms with van der Waals surface area (Å²) in [6.45, 7) is 1.75. The molecule has 3 aromatic rings. The molecule has 0 saturated heterocycles. The fraction of sp³-hybridized carbons (Fsp3) is 0.143. The minimum atomic E-state index is -1.03. The monoisotopic (exact) mass is 441 g/mol. The topological polar surface area (TPSA) is 116 Å². The maximum Gasteiger partial charge on any atom is 0.258 e. The van der Waals surface area contributed by atoms with Crippen molar-refractivity contribution in [3.63, 3.8) is 0 Å². The van der Waals surface area contributed by atoms with E-state index in [1.165, 1.54) is 24.3 Å². The number of hydrogen-bond donors (Lipinski definition) is 4. The Labute approximate surface area is 180 Å². The molecule has 2 aromatic carbocycles. The third kappa shape index (κ3) is 4.26. The number of fused-ring (bicyclic) bond motifs is 1. The maximum atomic E-state index is 13.1. The second-order valence-electron chi connectivity index (χ2n) is 7.02. The number of rotatable bonds is 4. The summed E-state index contributed by atoms with van der Waals surface area (Å²) in [5.74, 6) is -2.36. The molecule has 2 amide bonds. The first-order valence-electron chi connectivity index (χ1n) is 9.34. The summed E-state index contributed by atoms with van der Waals surface area (Å²) in [7, 11) is 0. The standard InChI is InChI=1S/C21H17ClFN5O3/c1-10-14(22)3-2-4-15(10)25-19(30)13-9-16(29)26-18-17(13)20(31)28-21(27-18)24-12-7-5-11(23)6-8-12/h2-8,13H,9H2,1H3,(H,25,30)(H3,24,26,27,28,29,31). The van der Waals surface area contributed by atoms with Crippen molar-refractivity contribution in [3.05, 3.63) is 74.8 Å². The molecular formula is C21H17ClFN5O3. The van der Waals surface area contributed by atoms with Crippen molar-refractivity contribution < 1.29 is 14.0 Å². The number of anilines is 4. The summed E-state index contributed by atoms with van der Waals surface area (Å²) in [5, 5.41) is 8.58. The van der Waals surface area contributed by atoms with E-state index >= 15 is 0 Å². The molecule has 0 radical (unpaired) electrons. The molecule has 0 fully saturated rings. The number of benzene rings is 2. The lowest BCUT2D eigenvalue weighted by Gasteiger charge is -2.24. The average Bonchev–Trinajstić information content (AvgIpc) is 2.72. The van der Waals surface area contributed by atoms with Crippen LogP contribution in [0.3, 0.4) is 0 Å². The van der Waals surface area contributed by atoms with Gasteiger partial charge in [0, 0.05) is 22.8 Å². The van der Waals surface area contributed by atoms with Crippen molar-refractivity contribution in [3.8, 4) is 0 Å². The Bertz CT molecular complexity index is 1240. The van der Waals surface area contributed by atoms with Crippen LogP contribution in [0.15, 0.2) is 47.3 Å². The lowest BCUT2D eigenvalue weighted by Crippen LogP contribution is -2.36. The fourth-order valence-corrected chi connectivity index (χ4v) is 3.46. The number of carbonyl (C=O) groups is 2. The Hall–Kier alpha value is -3.72. The van der Waals surface area contributed by atoms with Gasteiger partial charge in [0.2, 0.25) is 17.8 Å². The van der Waals surface area contributed by atoms with Gasteiger partial charge in [-0.15, -0.1) is 0 Å². The van der Waals surface area contributed by atoms with Crippen molar-refractivity contribution >= 4 is 46.6 Å². The van der Waals surface area contributed by atoms with Crippen LogP contribution in [0.1, 0.15) is 23.5 Å². The molecule has 31 heavy (non-hydrogen) atoms. The van der Waals surface area contributed by atoms with Crippen LogP contribution in [0.25, 0.3) is 0 Å². The van der Waals surface area contributed by atoms with Crippen LogP contribution in [-0.4, -0.2) is 21.8 Å². The van der Waals surface area contributed by atoms with Gasteiger partial charge in [-0.2, -0.15) is 4.98 Å². The number of aromatic amines is 1. The highest BCUT2D eigenvalue weighted by Crippen LogP contribution is 2.31. The van der Waals surface area contributed by atoms with Gasteiger partial charge in [-0.3, -0.25) is 19.4 Å². The van der Waals surface area contributed by atoms with Crippen LogP contribution in [0.4, 0.5) is 27.5 Å². The largest absolute Gasteiger partial charge is 0.326 e. The number of hydrogen-bond acceptors (Lipinski definition) is 5. The molecular weight excluding hydrogens is 425 g/mol. The van der Waals surface area contributed by atoms with Crippen LogP contribution in [0.5, 0.6) is 0 Å². The smallest absolute Gasteiger partial charge is 0.258 e. The molecule has 8 nitrogen and oxygen atoms in total. The van der Waals surface area contributed by atoms with Crippen molar-refractivity contribution in [2.75, 3.05) is 16.0 Å². The van der Waals surface area contributed by atoms with Crippen molar-refractivity contribution in [1.82, 2.24) is 9.97 Å². The van der Waals surface area contributed by atoms with Crippen molar-refractivity contribution in [2.45, 2.75) is 19.3 Å². The summed E-state index contributed by atoms with van der Waals surface area (Å²) in [6.07, 6.45) is -0.200. The summed E-state index contributed by atoms with van der Waals surface area (Å²) in [4.78, 5) is 44.7. The lowest BCUT2D eigenvalue weighted by molar-refractivity contribution is -0.123. The van der Waals surface area contributed by atoms with E-state index in [2.05, 4.69) is 25.9 Å². The van der Waals surface area contributed by atoms with Crippen LogP contribution in [-0.2, 0) is 9.59 Å². The summed E-state index contributed by atoms with van der Waals surface area (Å²) in [5.41, 5.74) is 1.13. The minimum absolute atomic E-state index is 0.00687. The molecule has 1 aliphatic rings. The van der Waals surface area contributed by atoms with E-state index in [0.717, 1.165) is 0 Å². The zero-order chi connectivity index (χ0) is 22.1. The fourth-order valence-electron chi connectivity index (χ4n) is 3.29. The minimum Gasteiger partial charge on any atom is -0.326 e. The molecule has 1 atom stereocenters. The predicted octanol–water partition coefficient (Wildman–Crippen LogP) is 3.68. The number of H-pyrrole nitrogens is 1. The van der Waals surface area contributed by atoms with Crippen molar-refractivity contribution in [2.24, 2.45) is 0 Å². The third-order valence-electron chi connectivity index (χ3n) is 4.90. The number of nitrogens with one attached hydrogen (secondary N) is 4. The Balaban J connectivity index is 1.65. The van der Waals surface area contributed by atoms with E-state index in [-0.39, 0.29) is 23.8 Å². The second-order valence-corrected chi connectivity index (χ2v) is 7.42. The molecule has 1 unspecified atom stereocenters. The summed E-state index contributed by atoms with van der Waals surface area (Å²) in [6, 6.07) is 10.5. The molecule has 1 aliphatic heterocycles. The maximum absolute atomic E-state index is 13.1. The molecule has 0 saturated carbocycles. The highest BCUT2D eigenvalue weighted by atomic mass is 35.5. The quantitative estimate of drug-likeness (QED) is 0.493. The first-order chi connectivity index (χ1) is 14.8. The molecule has 0 aliphatic carbocycles. The molecule has 10 heteroatoms. The Morgan fingerprint density at radius 2 is 1.94 bits per heavy atom. The average molecular weight is 442 g/mol. The second kappa shape index (κ2) is 8.19. The molecule has 158 valence electrons. The SMILES string of the molecule is Cc1c(Cl)cccc1NC(=O)C1CC(=O)Nc2nc(Nc3ccc(F)cc3)[nH]c(=O)c21. The van der Waals surface area contributed by atoms with Gasteiger partial charge in [0.1, 0.15) is 11.6 Å². The first kappa shape index (κ1) is 20.5. The molecule has 2 heterocycles. The van der Waals surface area contributed by atoms with E-state index in [1.807, 2.05) is 0 Å². The Kier molecular flexibility index (Phi) is 5.43. The van der Waals surface area contributed by atoms with Gasteiger partial charge in [-0.1, -0.05) is 17.7 Å². The lowest BCUT2D eigenvalue weighted by atomic mass is 9.92. The zero-order valence-electron chi connectivity index (χ0n) is 16.3. The van der Waals surface area contributed by atoms with Gasteiger partial charge in [0.05, 0.1) is 11.5 Å². The first-order valence-corrected chi connectivity index (χ1v) is 9.72. The number of amides is 2. The molecule has 0 bridgehead atoms. The van der Waals surface area contributed by atoms with Gasteiger partial charge in [-0.25, -0.2) is 4.39 Å². The highest BCUT2D eigenvalue weighted by molar-refractivity contribution is 6.31. The van der Waals surface area contributed by atoms with Crippen LogP contribution >= 0.6 is 11.6 Å². The Morgan fingerprint density at radius 3 is 2.68 bits per heavy atom. The predicted molar refractivity (Wildman–Crippen MR) is 115 cm³/mol. The number of halogens is 2. The zero-order valence-corrected chi connectivity index (χ0v) is 17.0. The highest BCUT2D eigenvalue weighted by Gasteiger charge is 2.35. The molecule has 1 aromatic heterocycles. The summed E-state index contributed by atoms with van der Waals surface area (Å²) < 4.78 is 13.1. The van der Waals surface area contributed by atoms with Crippen LogP contribution in [0.2, 0.25) is 5.02 Å². The van der Waals surface area contributed by atoms with Gasteiger partial charge < -0.3 is 16.0 Å². The number of aromatic nitrogens is 2.